The van der Waals surface area contributed by atoms with E-state index in [4.69, 9.17) is 4.98 Å². The number of hydrogen-bond donors (Lipinski definition) is 3. The molecule has 3 N–H and O–H groups in total. The van der Waals surface area contributed by atoms with E-state index in [1.165, 1.54) is 17.5 Å². The standard InChI is InChI=1S/C41H47NO5S2.CH3Cl/c1-39(2,47)33-12-5-3-8-28(33)15-17-35(48-26-40(18-19-40)24-37(43)44)30-10-7-11-31(22-30)36(49-27-41(20-21-41)25-38(45)46)23-32-16-14-29-9-4-6-13-34(29)42-32;1-2/h3-14,16,22,35-36,47H,15,17-21,23-27H2,1-2H3,(H,43,44)(H,45,46);1H3. The maximum Gasteiger partial charge on any atom is 0.303 e. The number of nitrogens with zero attached hydrogens (tertiary/aromatic N) is 1. The van der Waals surface area contributed by atoms with Gasteiger partial charge in [-0.25, -0.2) is 0 Å². The Labute approximate surface area is 315 Å². The summed E-state index contributed by atoms with van der Waals surface area (Å²) in [5.41, 5.74) is 5.29. The average Bonchev–Trinajstić information content (AvgIpc) is 4.05. The normalized spacial score (nSPS) is 16.8. The van der Waals surface area contributed by atoms with Crippen LogP contribution in [-0.4, -0.2) is 50.1 Å². The molecule has 2 aliphatic carbocycles. The highest BCUT2D eigenvalue weighted by atomic mass is 35.5. The molecule has 2 unspecified atom stereocenters. The van der Waals surface area contributed by atoms with Gasteiger partial charge < -0.3 is 15.3 Å². The third-order valence-electron chi connectivity index (χ3n) is 10.2. The smallest absolute Gasteiger partial charge is 0.303 e. The number of alkyl halides is 1. The van der Waals surface area contributed by atoms with E-state index in [9.17, 15) is 24.9 Å². The number of halogens is 1. The number of fused-ring (bicyclic) bond motifs is 1. The highest BCUT2D eigenvalue weighted by molar-refractivity contribution is 7.99. The van der Waals surface area contributed by atoms with Gasteiger partial charge in [-0.3, -0.25) is 14.6 Å². The molecule has 272 valence electrons. The summed E-state index contributed by atoms with van der Waals surface area (Å²) in [5.74, 6) is 0.147. The van der Waals surface area contributed by atoms with Gasteiger partial charge in [0.2, 0.25) is 0 Å². The van der Waals surface area contributed by atoms with E-state index >= 15 is 0 Å². The summed E-state index contributed by atoms with van der Waals surface area (Å²) in [6, 6.07) is 29.4. The van der Waals surface area contributed by atoms with Gasteiger partial charge in [0.15, 0.2) is 0 Å². The van der Waals surface area contributed by atoms with Crippen molar-refractivity contribution in [1.29, 1.82) is 0 Å². The monoisotopic (exact) mass is 747 g/mol. The Hall–Kier alpha value is -3.04. The Morgan fingerprint density at radius 1 is 0.784 bits per heavy atom. The highest BCUT2D eigenvalue weighted by Crippen LogP contribution is 2.55. The number of pyridine rings is 1. The van der Waals surface area contributed by atoms with E-state index in [1.807, 2.05) is 73.8 Å². The van der Waals surface area contributed by atoms with Crippen molar-refractivity contribution >= 4 is 58.0 Å². The summed E-state index contributed by atoms with van der Waals surface area (Å²) < 4.78 is 0. The van der Waals surface area contributed by atoms with Crippen molar-refractivity contribution in [3.8, 4) is 0 Å². The van der Waals surface area contributed by atoms with Crippen molar-refractivity contribution < 1.29 is 24.9 Å². The van der Waals surface area contributed by atoms with E-state index < -0.39 is 17.5 Å². The number of para-hydroxylation sites is 1. The quantitative estimate of drug-likeness (QED) is 0.0864. The van der Waals surface area contributed by atoms with Crippen LogP contribution in [0, 0.1) is 10.8 Å². The predicted molar refractivity (Wildman–Crippen MR) is 212 cm³/mol. The molecule has 1 aromatic heterocycles. The van der Waals surface area contributed by atoms with E-state index in [1.54, 1.807) is 0 Å². The van der Waals surface area contributed by atoms with Crippen LogP contribution in [0.2, 0.25) is 0 Å². The highest BCUT2D eigenvalue weighted by Gasteiger charge is 2.45. The van der Waals surface area contributed by atoms with Gasteiger partial charge in [-0.2, -0.15) is 23.5 Å². The number of aliphatic carboxylic acids is 2. The Morgan fingerprint density at radius 2 is 1.35 bits per heavy atom. The molecule has 6 nitrogen and oxygen atoms in total. The lowest BCUT2D eigenvalue weighted by molar-refractivity contribution is -0.139. The molecule has 0 bridgehead atoms. The number of hydrogen-bond acceptors (Lipinski definition) is 6. The second kappa shape index (κ2) is 17.2. The number of carboxylic acid groups (broad SMARTS) is 2. The average molecular weight is 748 g/mol. The van der Waals surface area contributed by atoms with E-state index in [-0.39, 0.29) is 34.2 Å². The van der Waals surface area contributed by atoms with E-state index in [0.29, 0.717) is 0 Å². The Balaban J connectivity index is 0.00000248. The van der Waals surface area contributed by atoms with Crippen molar-refractivity contribution in [2.24, 2.45) is 10.8 Å². The van der Waals surface area contributed by atoms with Gasteiger partial charge in [-0.05, 0) is 97.6 Å². The second-order valence-electron chi connectivity index (χ2n) is 14.9. The van der Waals surface area contributed by atoms with E-state index in [2.05, 4.69) is 60.1 Å². The molecule has 0 amide bonds. The van der Waals surface area contributed by atoms with Crippen LogP contribution < -0.4 is 0 Å². The maximum absolute atomic E-state index is 11.7. The molecule has 3 aromatic carbocycles. The van der Waals surface area contributed by atoms with Crippen LogP contribution in [-0.2, 0) is 28.0 Å². The summed E-state index contributed by atoms with van der Waals surface area (Å²) in [5, 5.41) is 31.4. The summed E-state index contributed by atoms with van der Waals surface area (Å²) in [6.07, 6.45) is 8.11. The van der Waals surface area contributed by atoms with Crippen molar-refractivity contribution in [2.75, 3.05) is 17.9 Å². The fourth-order valence-corrected chi connectivity index (χ4v) is 10.0. The lowest BCUT2D eigenvalue weighted by atomic mass is 9.90. The first-order chi connectivity index (χ1) is 24.4. The van der Waals surface area contributed by atoms with Crippen LogP contribution in [0.1, 0.15) is 97.2 Å². The van der Waals surface area contributed by atoms with Gasteiger partial charge in [-0.1, -0.05) is 72.8 Å². The summed E-state index contributed by atoms with van der Waals surface area (Å²) in [4.78, 5) is 28.4. The number of aryl methyl sites for hydroxylation is 1. The molecule has 4 aromatic rings. The molecule has 0 radical (unpaired) electrons. The van der Waals surface area contributed by atoms with Crippen molar-refractivity contribution in [2.45, 2.75) is 87.7 Å². The number of thioether (sulfide) groups is 2. The molecule has 2 aliphatic rings. The number of aliphatic hydroxyl groups is 1. The zero-order valence-electron chi connectivity index (χ0n) is 29.8. The second-order valence-corrected chi connectivity index (χ2v) is 17.2. The van der Waals surface area contributed by atoms with E-state index in [0.717, 1.165) is 84.2 Å². The maximum atomic E-state index is 11.7. The molecule has 1 heterocycles. The van der Waals surface area contributed by atoms with Crippen LogP contribution in [0.5, 0.6) is 0 Å². The minimum atomic E-state index is -0.945. The summed E-state index contributed by atoms with van der Waals surface area (Å²) >= 11 is 8.36. The van der Waals surface area contributed by atoms with Crippen LogP contribution >= 0.6 is 35.1 Å². The molecule has 2 saturated carbocycles. The lowest BCUT2D eigenvalue weighted by Crippen LogP contribution is -2.18. The summed E-state index contributed by atoms with van der Waals surface area (Å²) in [6.45, 7) is 3.66. The molecule has 2 atom stereocenters. The molecular weight excluding hydrogens is 698 g/mol. The van der Waals surface area contributed by atoms with Crippen LogP contribution in [0.25, 0.3) is 10.9 Å². The molecule has 6 rings (SSSR count). The summed E-state index contributed by atoms with van der Waals surface area (Å²) in [7, 11) is 0. The fourth-order valence-electron chi connectivity index (χ4n) is 6.91. The molecule has 2 fully saturated rings. The van der Waals surface area contributed by atoms with Gasteiger partial charge in [0, 0.05) is 45.9 Å². The molecule has 9 heteroatoms. The minimum Gasteiger partial charge on any atom is -0.481 e. The number of benzene rings is 3. The van der Waals surface area contributed by atoms with Crippen molar-refractivity contribution in [1.82, 2.24) is 4.98 Å². The molecule has 0 aliphatic heterocycles. The molecule has 51 heavy (non-hydrogen) atoms. The minimum absolute atomic E-state index is 0.100. The SMILES string of the molecule is CC(C)(O)c1ccccc1CCC(SCC1(CC(=O)O)CC1)c1cccc(C(Cc2ccc3ccccc3n2)SCC2(CC(=O)O)CC2)c1.CCl. The number of carboxylic acids is 2. The Morgan fingerprint density at radius 3 is 1.96 bits per heavy atom. The predicted octanol–water partition coefficient (Wildman–Crippen LogP) is 10.3. The van der Waals surface area contributed by atoms with Gasteiger partial charge >= 0.3 is 11.9 Å². The molecule has 0 spiro atoms. The Bertz CT molecular complexity index is 1800. The lowest BCUT2D eigenvalue weighted by Gasteiger charge is -2.25. The zero-order valence-corrected chi connectivity index (χ0v) is 32.2. The van der Waals surface area contributed by atoms with Crippen LogP contribution in [0.15, 0.2) is 84.9 Å². The Kier molecular flexibility index (Phi) is 13.2. The van der Waals surface area contributed by atoms with Gasteiger partial charge in [0.25, 0.3) is 0 Å². The van der Waals surface area contributed by atoms with Crippen molar-refractivity contribution in [3.63, 3.8) is 0 Å². The van der Waals surface area contributed by atoms with Gasteiger partial charge in [0.1, 0.15) is 0 Å². The largest absolute Gasteiger partial charge is 0.481 e. The topological polar surface area (TPSA) is 108 Å². The first kappa shape index (κ1) is 39.2. The first-order valence-electron chi connectivity index (χ1n) is 17.7. The first-order valence-corrected chi connectivity index (χ1v) is 20.6. The van der Waals surface area contributed by atoms with Gasteiger partial charge in [-0.15, -0.1) is 11.6 Å². The number of rotatable bonds is 18. The van der Waals surface area contributed by atoms with Crippen molar-refractivity contribution in [3.05, 3.63) is 113 Å². The number of aromatic nitrogens is 1. The molecule has 0 saturated heterocycles. The fraction of sp³-hybridized carbons (Fsp3) is 0.452. The third kappa shape index (κ3) is 11.0. The number of carbonyl (C=O) groups is 2. The zero-order chi connectivity index (χ0) is 36.6. The van der Waals surface area contributed by atoms with Gasteiger partial charge in [0.05, 0.1) is 24.0 Å². The third-order valence-corrected chi connectivity index (χ3v) is 13.5. The molecular formula is C42H50ClNO5S2. The van der Waals surface area contributed by atoms with Crippen LogP contribution in [0.4, 0.5) is 0 Å². The van der Waals surface area contributed by atoms with Crippen LogP contribution in [0.3, 0.4) is 0 Å².